The minimum absolute atomic E-state index is 0.000331. The lowest BCUT2D eigenvalue weighted by molar-refractivity contribution is 0.0849. The Bertz CT molecular complexity index is 672. The number of hydrogen-bond acceptors (Lipinski definition) is 4. The molecule has 3 rings (SSSR count). The van der Waals surface area contributed by atoms with Gasteiger partial charge in [-0.25, -0.2) is 0 Å². The van der Waals surface area contributed by atoms with Gasteiger partial charge in [-0.2, -0.15) is 0 Å². The summed E-state index contributed by atoms with van der Waals surface area (Å²) in [5.74, 6) is 1.47. The molecular weight excluding hydrogens is 280 g/mol. The number of amides is 1. The minimum atomic E-state index is -0.102. The van der Waals surface area contributed by atoms with Crippen molar-refractivity contribution < 1.29 is 14.3 Å². The SMILES string of the molecule is CNC(=O)c1ccnc(CC[C@@H]2COc3ccccc3O2)c1. The number of pyridine rings is 1. The highest BCUT2D eigenvalue weighted by atomic mass is 16.6. The first-order valence-corrected chi connectivity index (χ1v) is 7.32. The molecule has 0 saturated heterocycles. The van der Waals surface area contributed by atoms with Crippen molar-refractivity contribution in [3.63, 3.8) is 0 Å². The summed E-state index contributed by atoms with van der Waals surface area (Å²) in [7, 11) is 1.62. The van der Waals surface area contributed by atoms with Crippen LogP contribution in [0.1, 0.15) is 22.5 Å². The van der Waals surface area contributed by atoms with E-state index in [1.807, 2.05) is 30.3 Å². The van der Waals surface area contributed by atoms with Crippen LogP contribution < -0.4 is 14.8 Å². The third kappa shape index (κ3) is 3.19. The molecule has 5 nitrogen and oxygen atoms in total. The fraction of sp³-hybridized carbons (Fsp3) is 0.294. The van der Waals surface area contributed by atoms with Gasteiger partial charge in [-0.05, 0) is 37.1 Å². The Labute approximate surface area is 129 Å². The van der Waals surface area contributed by atoms with Crippen LogP contribution in [0.2, 0.25) is 0 Å². The third-order valence-electron chi connectivity index (χ3n) is 3.60. The Morgan fingerprint density at radius 3 is 2.95 bits per heavy atom. The summed E-state index contributed by atoms with van der Waals surface area (Å²) in [6, 6.07) is 11.2. The van der Waals surface area contributed by atoms with E-state index in [1.54, 1.807) is 19.3 Å². The summed E-state index contributed by atoms with van der Waals surface area (Å²) >= 11 is 0. The molecule has 1 aliphatic heterocycles. The van der Waals surface area contributed by atoms with Crippen LogP contribution in [-0.2, 0) is 6.42 Å². The van der Waals surface area contributed by atoms with E-state index in [9.17, 15) is 4.79 Å². The van der Waals surface area contributed by atoms with E-state index >= 15 is 0 Å². The highest BCUT2D eigenvalue weighted by molar-refractivity contribution is 5.93. The molecule has 0 spiro atoms. The second-order valence-corrected chi connectivity index (χ2v) is 5.15. The van der Waals surface area contributed by atoms with Crippen molar-refractivity contribution in [2.75, 3.05) is 13.7 Å². The van der Waals surface area contributed by atoms with Gasteiger partial charge in [0.15, 0.2) is 11.5 Å². The summed E-state index contributed by atoms with van der Waals surface area (Å²) in [5, 5.41) is 2.61. The maximum atomic E-state index is 11.6. The molecule has 1 aromatic carbocycles. The molecule has 1 amide bonds. The van der Waals surface area contributed by atoms with Crippen LogP contribution in [0.15, 0.2) is 42.6 Å². The summed E-state index contributed by atoms with van der Waals surface area (Å²) in [5.41, 5.74) is 1.50. The highest BCUT2D eigenvalue weighted by Gasteiger charge is 2.20. The molecule has 1 aliphatic rings. The number of benzene rings is 1. The quantitative estimate of drug-likeness (QED) is 0.940. The number of hydrogen-bond donors (Lipinski definition) is 1. The Kier molecular flexibility index (Phi) is 4.23. The van der Waals surface area contributed by atoms with E-state index in [0.29, 0.717) is 12.2 Å². The molecule has 1 N–H and O–H groups in total. The van der Waals surface area contributed by atoms with E-state index in [2.05, 4.69) is 10.3 Å². The topological polar surface area (TPSA) is 60.5 Å². The minimum Gasteiger partial charge on any atom is -0.486 e. The fourth-order valence-electron chi connectivity index (χ4n) is 2.41. The van der Waals surface area contributed by atoms with Crippen molar-refractivity contribution in [1.29, 1.82) is 0 Å². The lowest BCUT2D eigenvalue weighted by atomic mass is 10.1. The van der Waals surface area contributed by atoms with E-state index in [-0.39, 0.29) is 12.0 Å². The van der Waals surface area contributed by atoms with Crippen LogP contribution in [0, 0.1) is 0 Å². The first-order valence-electron chi connectivity index (χ1n) is 7.32. The molecular formula is C17H18N2O3. The lowest BCUT2D eigenvalue weighted by Gasteiger charge is -2.26. The first kappa shape index (κ1) is 14.4. The van der Waals surface area contributed by atoms with Gasteiger partial charge in [0.05, 0.1) is 0 Å². The van der Waals surface area contributed by atoms with Crippen LogP contribution in [0.5, 0.6) is 11.5 Å². The number of aryl methyl sites for hydroxylation is 1. The molecule has 2 aromatic rings. The predicted molar refractivity (Wildman–Crippen MR) is 82.3 cm³/mol. The second-order valence-electron chi connectivity index (χ2n) is 5.15. The van der Waals surface area contributed by atoms with E-state index in [4.69, 9.17) is 9.47 Å². The zero-order valence-electron chi connectivity index (χ0n) is 12.4. The number of nitrogens with one attached hydrogen (secondary N) is 1. The summed E-state index contributed by atoms with van der Waals surface area (Å²) in [6.45, 7) is 0.534. The van der Waals surface area contributed by atoms with Crippen molar-refractivity contribution in [2.45, 2.75) is 18.9 Å². The Morgan fingerprint density at radius 2 is 2.14 bits per heavy atom. The Balaban J connectivity index is 1.61. The Hall–Kier alpha value is -2.56. The summed E-state index contributed by atoms with van der Waals surface area (Å²) < 4.78 is 11.6. The molecule has 1 aromatic heterocycles. The number of aromatic nitrogens is 1. The van der Waals surface area contributed by atoms with Crippen LogP contribution in [0.4, 0.5) is 0 Å². The van der Waals surface area contributed by atoms with Crippen LogP contribution >= 0.6 is 0 Å². The Morgan fingerprint density at radius 1 is 1.32 bits per heavy atom. The maximum absolute atomic E-state index is 11.6. The number of fused-ring (bicyclic) bond motifs is 1. The molecule has 1 atom stereocenters. The smallest absolute Gasteiger partial charge is 0.251 e. The average molecular weight is 298 g/mol. The summed E-state index contributed by atoms with van der Waals surface area (Å²) in [4.78, 5) is 15.9. The van der Waals surface area contributed by atoms with Crippen molar-refractivity contribution in [1.82, 2.24) is 10.3 Å². The molecule has 114 valence electrons. The molecule has 2 heterocycles. The molecule has 22 heavy (non-hydrogen) atoms. The maximum Gasteiger partial charge on any atom is 0.251 e. The summed E-state index contributed by atoms with van der Waals surface area (Å²) in [6.07, 6.45) is 3.19. The third-order valence-corrected chi connectivity index (χ3v) is 3.60. The number of rotatable bonds is 4. The second kappa shape index (κ2) is 6.47. The number of carbonyl (C=O) groups excluding carboxylic acids is 1. The van der Waals surface area contributed by atoms with Gasteiger partial charge in [0.25, 0.3) is 5.91 Å². The van der Waals surface area contributed by atoms with Crippen molar-refractivity contribution in [2.24, 2.45) is 0 Å². The number of ether oxygens (including phenoxy) is 2. The van der Waals surface area contributed by atoms with Crippen molar-refractivity contribution >= 4 is 5.91 Å². The lowest BCUT2D eigenvalue weighted by Crippen LogP contribution is -2.29. The monoisotopic (exact) mass is 298 g/mol. The zero-order valence-corrected chi connectivity index (χ0v) is 12.4. The van der Waals surface area contributed by atoms with Gasteiger partial charge in [-0.15, -0.1) is 0 Å². The van der Waals surface area contributed by atoms with Crippen LogP contribution in [-0.4, -0.2) is 30.6 Å². The van der Waals surface area contributed by atoms with Crippen LogP contribution in [0.25, 0.3) is 0 Å². The molecule has 0 unspecified atom stereocenters. The molecule has 0 radical (unpaired) electrons. The van der Waals surface area contributed by atoms with Gasteiger partial charge >= 0.3 is 0 Å². The van der Waals surface area contributed by atoms with Gasteiger partial charge in [-0.3, -0.25) is 9.78 Å². The molecule has 0 aliphatic carbocycles. The standard InChI is InChI=1S/C17H18N2O3/c1-18-17(20)12-8-9-19-13(10-12)6-7-14-11-21-15-4-2-3-5-16(15)22-14/h2-5,8-10,14H,6-7,11H2,1H3,(H,18,20)/t14-/m1/s1. The van der Waals surface area contributed by atoms with E-state index in [0.717, 1.165) is 30.0 Å². The first-order chi connectivity index (χ1) is 10.8. The molecule has 5 heteroatoms. The highest BCUT2D eigenvalue weighted by Crippen LogP contribution is 2.31. The average Bonchev–Trinajstić information content (AvgIpc) is 2.59. The van der Waals surface area contributed by atoms with Crippen molar-refractivity contribution in [3.8, 4) is 11.5 Å². The largest absolute Gasteiger partial charge is 0.486 e. The van der Waals surface area contributed by atoms with Gasteiger partial charge < -0.3 is 14.8 Å². The zero-order chi connectivity index (χ0) is 15.4. The normalized spacial score (nSPS) is 16.1. The number of para-hydroxylation sites is 2. The van der Waals surface area contributed by atoms with E-state index in [1.165, 1.54) is 0 Å². The van der Waals surface area contributed by atoms with Gasteiger partial charge in [-0.1, -0.05) is 12.1 Å². The number of nitrogens with zero attached hydrogens (tertiary/aromatic N) is 1. The van der Waals surface area contributed by atoms with E-state index < -0.39 is 0 Å². The molecule has 0 bridgehead atoms. The number of carbonyl (C=O) groups is 1. The fourth-order valence-corrected chi connectivity index (χ4v) is 2.41. The van der Waals surface area contributed by atoms with Gasteiger partial charge in [0, 0.05) is 24.5 Å². The van der Waals surface area contributed by atoms with Crippen molar-refractivity contribution in [3.05, 3.63) is 53.9 Å². The van der Waals surface area contributed by atoms with Gasteiger partial charge in [0.2, 0.25) is 0 Å². The van der Waals surface area contributed by atoms with Gasteiger partial charge in [0.1, 0.15) is 12.7 Å². The molecule has 0 saturated carbocycles. The predicted octanol–water partition coefficient (Wildman–Crippen LogP) is 2.21. The van der Waals surface area contributed by atoms with Crippen LogP contribution in [0.3, 0.4) is 0 Å². The molecule has 0 fully saturated rings.